The zero-order chi connectivity index (χ0) is 10.7. The molecule has 84 valence electrons. The minimum atomic E-state index is -0.756. The van der Waals surface area contributed by atoms with Gasteiger partial charge in [0, 0.05) is 0 Å². The lowest BCUT2D eigenvalue weighted by atomic mass is 10.2. The highest BCUT2D eigenvalue weighted by molar-refractivity contribution is 5.95. The Morgan fingerprint density at radius 1 is 1.60 bits per heavy atom. The minimum Gasteiger partial charge on any atom is -0.506 e. The van der Waals surface area contributed by atoms with Crippen LogP contribution in [-0.2, 0) is 4.79 Å². The molecular weight excluding hydrogens is 223 g/mol. The molecule has 0 heterocycles. The number of hydrogen-bond acceptors (Lipinski definition) is 3. The van der Waals surface area contributed by atoms with Crippen molar-refractivity contribution in [1.82, 2.24) is 0 Å². The van der Waals surface area contributed by atoms with Gasteiger partial charge in [-0.2, -0.15) is 0 Å². The summed E-state index contributed by atoms with van der Waals surface area (Å²) in [4.78, 5) is 11.1. The largest absolute Gasteiger partial charge is 0.506 e. The Balaban J connectivity index is 0.00000196. The molecule has 0 aliphatic heterocycles. The van der Waals surface area contributed by atoms with Crippen molar-refractivity contribution in [2.24, 2.45) is 5.73 Å². The smallest absolute Gasteiger partial charge is 0.241 e. The number of benzene rings is 1. The Morgan fingerprint density at radius 2 is 2.20 bits per heavy atom. The van der Waals surface area contributed by atoms with Crippen LogP contribution in [-0.4, -0.2) is 17.1 Å². The van der Waals surface area contributed by atoms with Crippen LogP contribution >= 0.6 is 12.4 Å². The molecule has 4 nitrogen and oxygen atoms in total. The molecule has 0 radical (unpaired) electrons. The molecule has 0 aliphatic carbocycles. The van der Waals surface area contributed by atoms with Crippen LogP contribution in [0.3, 0.4) is 0 Å². The SMILES string of the molecule is CC(N)C(=O)Nc1c(O)cccc1F.Cl. The van der Waals surface area contributed by atoms with Gasteiger partial charge in [-0.25, -0.2) is 4.39 Å². The third kappa shape index (κ3) is 3.38. The predicted octanol–water partition coefficient (Wildman–Crippen LogP) is 1.24. The van der Waals surface area contributed by atoms with Crippen molar-refractivity contribution in [3.63, 3.8) is 0 Å². The number of para-hydroxylation sites is 1. The summed E-state index contributed by atoms with van der Waals surface area (Å²) in [5, 5.41) is 11.4. The first-order valence-corrected chi connectivity index (χ1v) is 4.06. The molecular formula is C9H12ClFN2O2. The molecule has 1 atom stereocenters. The molecule has 0 bridgehead atoms. The number of carbonyl (C=O) groups excluding carboxylic acids is 1. The number of nitrogens with one attached hydrogen (secondary N) is 1. The molecule has 1 aromatic rings. The average molecular weight is 235 g/mol. The summed E-state index contributed by atoms with van der Waals surface area (Å²) < 4.78 is 13.1. The van der Waals surface area contributed by atoms with E-state index < -0.39 is 17.8 Å². The highest BCUT2D eigenvalue weighted by Crippen LogP contribution is 2.25. The topological polar surface area (TPSA) is 75.4 Å². The third-order valence-electron chi connectivity index (χ3n) is 1.65. The van der Waals surface area contributed by atoms with Crippen LogP contribution in [0.1, 0.15) is 6.92 Å². The number of hydrogen-bond donors (Lipinski definition) is 3. The zero-order valence-electron chi connectivity index (χ0n) is 8.03. The number of carbonyl (C=O) groups is 1. The maximum Gasteiger partial charge on any atom is 0.241 e. The van der Waals surface area contributed by atoms with Crippen molar-refractivity contribution in [3.8, 4) is 5.75 Å². The van der Waals surface area contributed by atoms with E-state index >= 15 is 0 Å². The second-order valence-electron chi connectivity index (χ2n) is 2.91. The van der Waals surface area contributed by atoms with Crippen molar-refractivity contribution in [2.75, 3.05) is 5.32 Å². The molecule has 0 saturated carbocycles. The molecule has 1 rings (SSSR count). The van der Waals surface area contributed by atoms with Crippen molar-refractivity contribution >= 4 is 24.0 Å². The van der Waals surface area contributed by atoms with Crippen molar-refractivity contribution in [3.05, 3.63) is 24.0 Å². The van der Waals surface area contributed by atoms with E-state index in [1.165, 1.54) is 19.1 Å². The van der Waals surface area contributed by atoms with E-state index in [2.05, 4.69) is 5.32 Å². The van der Waals surface area contributed by atoms with Gasteiger partial charge >= 0.3 is 0 Å². The maximum absolute atomic E-state index is 13.1. The molecule has 0 saturated heterocycles. The lowest BCUT2D eigenvalue weighted by Crippen LogP contribution is -2.32. The first-order chi connectivity index (χ1) is 6.52. The van der Waals surface area contributed by atoms with Crippen LogP contribution < -0.4 is 11.1 Å². The first-order valence-electron chi connectivity index (χ1n) is 4.06. The van der Waals surface area contributed by atoms with E-state index in [0.717, 1.165) is 6.07 Å². The van der Waals surface area contributed by atoms with E-state index in [1.54, 1.807) is 0 Å². The van der Waals surface area contributed by atoms with Gasteiger partial charge in [-0.05, 0) is 19.1 Å². The number of anilines is 1. The number of nitrogens with two attached hydrogens (primary N) is 1. The normalized spacial score (nSPS) is 11.4. The predicted molar refractivity (Wildman–Crippen MR) is 57.6 cm³/mol. The number of amides is 1. The standard InChI is InChI=1S/C9H11FN2O2.ClH/c1-5(11)9(14)12-8-6(10)3-2-4-7(8)13;/h2-5,13H,11H2,1H3,(H,12,14);1H. The van der Waals surface area contributed by atoms with Crippen LogP contribution in [0.25, 0.3) is 0 Å². The van der Waals surface area contributed by atoms with Gasteiger partial charge in [0.25, 0.3) is 0 Å². The van der Waals surface area contributed by atoms with E-state index in [0.29, 0.717) is 0 Å². The number of halogens is 2. The van der Waals surface area contributed by atoms with E-state index in [9.17, 15) is 14.3 Å². The summed E-state index contributed by atoms with van der Waals surface area (Å²) in [6, 6.07) is 3.00. The Bertz CT molecular complexity index is 338. The van der Waals surface area contributed by atoms with Crippen molar-refractivity contribution in [1.29, 1.82) is 0 Å². The lowest BCUT2D eigenvalue weighted by molar-refractivity contribution is -0.117. The van der Waals surface area contributed by atoms with Gasteiger partial charge in [-0.3, -0.25) is 4.79 Å². The van der Waals surface area contributed by atoms with Crippen molar-refractivity contribution < 1.29 is 14.3 Å². The van der Waals surface area contributed by atoms with Crippen LogP contribution in [0.4, 0.5) is 10.1 Å². The van der Waals surface area contributed by atoms with Gasteiger partial charge in [0.15, 0.2) is 5.82 Å². The zero-order valence-corrected chi connectivity index (χ0v) is 8.84. The summed E-state index contributed by atoms with van der Waals surface area (Å²) in [5.41, 5.74) is 5.03. The minimum absolute atomic E-state index is 0. The molecule has 0 aliphatic rings. The van der Waals surface area contributed by atoms with Gasteiger partial charge in [0.05, 0.1) is 6.04 Å². The van der Waals surface area contributed by atoms with Gasteiger partial charge in [0.2, 0.25) is 5.91 Å². The molecule has 6 heteroatoms. The maximum atomic E-state index is 13.1. The van der Waals surface area contributed by atoms with Crippen LogP contribution in [0.2, 0.25) is 0 Å². The van der Waals surface area contributed by atoms with Crippen LogP contribution in [0.5, 0.6) is 5.75 Å². The molecule has 0 fully saturated rings. The molecule has 0 aromatic heterocycles. The number of phenolic OH excluding ortho intramolecular Hbond substituents is 1. The van der Waals surface area contributed by atoms with E-state index in [-0.39, 0.29) is 23.8 Å². The fraction of sp³-hybridized carbons (Fsp3) is 0.222. The van der Waals surface area contributed by atoms with Gasteiger partial charge in [-0.1, -0.05) is 6.07 Å². The van der Waals surface area contributed by atoms with E-state index in [1.807, 2.05) is 0 Å². The third-order valence-corrected chi connectivity index (χ3v) is 1.65. The highest BCUT2D eigenvalue weighted by atomic mass is 35.5. The number of phenols is 1. The second kappa shape index (κ2) is 5.53. The molecule has 0 spiro atoms. The van der Waals surface area contributed by atoms with Gasteiger partial charge in [-0.15, -0.1) is 12.4 Å². The Hall–Kier alpha value is -1.33. The molecule has 1 amide bonds. The Kier molecular flexibility index (Phi) is 5.04. The monoisotopic (exact) mass is 234 g/mol. The summed E-state index contributed by atoms with van der Waals surface area (Å²) in [6.07, 6.45) is 0. The number of aromatic hydroxyl groups is 1. The number of rotatable bonds is 2. The Morgan fingerprint density at radius 3 is 2.67 bits per heavy atom. The Labute approximate surface area is 92.7 Å². The van der Waals surface area contributed by atoms with Gasteiger partial charge in [0.1, 0.15) is 11.4 Å². The first kappa shape index (κ1) is 13.7. The summed E-state index contributed by atoms with van der Waals surface area (Å²) in [6.45, 7) is 1.47. The molecule has 1 aromatic carbocycles. The highest BCUT2D eigenvalue weighted by Gasteiger charge is 2.13. The molecule has 15 heavy (non-hydrogen) atoms. The lowest BCUT2D eigenvalue weighted by Gasteiger charge is -2.09. The van der Waals surface area contributed by atoms with Gasteiger partial charge < -0.3 is 16.2 Å². The van der Waals surface area contributed by atoms with Crippen molar-refractivity contribution in [2.45, 2.75) is 13.0 Å². The van der Waals surface area contributed by atoms with Crippen LogP contribution in [0.15, 0.2) is 18.2 Å². The average Bonchev–Trinajstić information content (AvgIpc) is 2.11. The summed E-state index contributed by atoms with van der Waals surface area (Å²) in [5.74, 6) is -1.57. The summed E-state index contributed by atoms with van der Waals surface area (Å²) in [7, 11) is 0. The molecule has 1 unspecified atom stereocenters. The quantitative estimate of drug-likeness (QED) is 0.674. The second-order valence-corrected chi connectivity index (χ2v) is 2.91. The fourth-order valence-corrected chi connectivity index (χ4v) is 0.874. The summed E-state index contributed by atoms with van der Waals surface area (Å²) >= 11 is 0. The fourth-order valence-electron chi connectivity index (χ4n) is 0.874. The van der Waals surface area contributed by atoms with Crippen LogP contribution in [0, 0.1) is 5.82 Å². The molecule has 4 N–H and O–H groups in total. The van der Waals surface area contributed by atoms with E-state index in [4.69, 9.17) is 5.73 Å².